The largest absolute Gasteiger partial charge is 0.243 e. The number of thioether (sulfide) groups is 1. The molecule has 0 radical (unpaired) electrons. The lowest BCUT2D eigenvalue weighted by Crippen LogP contribution is -2.36. The van der Waals surface area contributed by atoms with Gasteiger partial charge < -0.3 is 0 Å². The van der Waals surface area contributed by atoms with E-state index in [1.807, 2.05) is 32.2 Å². The van der Waals surface area contributed by atoms with Gasteiger partial charge in [-0.1, -0.05) is 19.1 Å². The number of alkyl halides is 1. The molecule has 1 atom stereocenters. The molecule has 0 aromatic heterocycles. The summed E-state index contributed by atoms with van der Waals surface area (Å²) < 4.78 is 27.2. The smallest absolute Gasteiger partial charge is 0.207 e. The molecule has 0 heterocycles. The van der Waals surface area contributed by atoms with Crippen molar-refractivity contribution < 1.29 is 8.42 Å². The Labute approximate surface area is 138 Å². The van der Waals surface area contributed by atoms with Crippen LogP contribution in [0.2, 0.25) is 0 Å². The first kappa shape index (κ1) is 18.8. The Morgan fingerprint density at radius 3 is 2.57 bits per heavy atom. The number of rotatable bonds is 8. The molecule has 1 rings (SSSR count). The van der Waals surface area contributed by atoms with E-state index in [1.54, 1.807) is 24.9 Å². The van der Waals surface area contributed by atoms with E-state index in [-0.39, 0.29) is 6.04 Å². The molecule has 120 valence electrons. The van der Waals surface area contributed by atoms with E-state index < -0.39 is 10.0 Å². The molecule has 0 aliphatic heterocycles. The second-order valence-corrected chi connectivity index (χ2v) is 8.30. The third-order valence-electron chi connectivity index (χ3n) is 3.68. The van der Waals surface area contributed by atoms with E-state index in [4.69, 9.17) is 11.6 Å². The van der Waals surface area contributed by atoms with Crippen molar-refractivity contribution in [3.05, 3.63) is 29.3 Å². The van der Waals surface area contributed by atoms with Crippen LogP contribution in [0, 0.1) is 0 Å². The van der Waals surface area contributed by atoms with E-state index in [2.05, 4.69) is 0 Å². The van der Waals surface area contributed by atoms with Crippen molar-refractivity contribution in [1.29, 1.82) is 0 Å². The highest BCUT2D eigenvalue weighted by Gasteiger charge is 2.27. The van der Waals surface area contributed by atoms with Gasteiger partial charge >= 0.3 is 0 Å². The van der Waals surface area contributed by atoms with Crippen molar-refractivity contribution in [2.75, 3.05) is 19.1 Å². The second kappa shape index (κ2) is 8.42. The highest BCUT2D eigenvalue weighted by molar-refractivity contribution is 7.98. The van der Waals surface area contributed by atoms with Crippen LogP contribution in [0.25, 0.3) is 0 Å². The predicted octanol–water partition coefficient (Wildman–Crippen LogP) is 3.75. The van der Waals surface area contributed by atoms with Crippen molar-refractivity contribution in [1.82, 2.24) is 4.31 Å². The van der Waals surface area contributed by atoms with Crippen LogP contribution in [0.5, 0.6) is 0 Å². The van der Waals surface area contributed by atoms with Crippen LogP contribution in [-0.4, -0.2) is 37.8 Å². The van der Waals surface area contributed by atoms with E-state index in [9.17, 15) is 8.42 Å². The molecule has 0 aliphatic carbocycles. The van der Waals surface area contributed by atoms with Crippen molar-refractivity contribution in [3.63, 3.8) is 0 Å². The average Bonchev–Trinajstić information content (AvgIpc) is 2.50. The summed E-state index contributed by atoms with van der Waals surface area (Å²) in [6.07, 6.45) is 3.55. The Hall–Kier alpha value is -0.230. The highest BCUT2D eigenvalue weighted by Crippen LogP contribution is 2.24. The first-order chi connectivity index (χ1) is 9.88. The lowest BCUT2D eigenvalue weighted by atomic mass is 10.1. The standard InChI is InChI=1S/C15H24ClNO2S2/c1-5-14-7-6-13(11-16)10-15(14)21(18,19)17(3)12(2)8-9-20-4/h6-7,10,12H,5,8-9,11H2,1-4H3. The summed E-state index contributed by atoms with van der Waals surface area (Å²) in [6.45, 7) is 3.91. The van der Waals surface area contributed by atoms with E-state index in [1.165, 1.54) is 4.31 Å². The lowest BCUT2D eigenvalue weighted by Gasteiger charge is -2.25. The molecule has 0 N–H and O–H groups in total. The van der Waals surface area contributed by atoms with Crippen molar-refractivity contribution in [2.24, 2.45) is 0 Å². The average molecular weight is 350 g/mol. The van der Waals surface area contributed by atoms with Gasteiger partial charge in [0.25, 0.3) is 0 Å². The van der Waals surface area contributed by atoms with Gasteiger partial charge in [0.05, 0.1) is 4.90 Å². The molecule has 0 spiro atoms. The quantitative estimate of drug-likeness (QED) is 0.671. The van der Waals surface area contributed by atoms with E-state index >= 15 is 0 Å². The van der Waals surface area contributed by atoms with E-state index in [0.29, 0.717) is 17.2 Å². The van der Waals surface area contributed by atoms with Crippen LogP contribution < -0.4 is 0 Å². The molecular formula is C15H24ClNO2S2. The number of hydrogen-bond donors (Lipinski definition) is 0. The molecule has 6 heteroatoms. The van der Waals surface area contributed by atoms with Gasteiger partial charge in [0.2, 0.25) is 10.0 Å². The third kappa shape index (κ3) is 4.62. The molecular weight excluding hydrogens is 326 g/mol. The Bertz CT molecular complexity index is 561. The monoisotopic (exact) mass is 349 g/mol. The minimum absolute atomic E-state index is 0.0215. The molecule has 1 aromatic rings. The van der Waals surface area contributed by atoms with Gasteiger partial charge in [0.1, 0.15) is 0 Å². The maximum absolute atomic E-state index is 12.9. The van der Waals surface area contributed by atoms with Crippen LogP contribution >= 0.6 is 23.4 Å². The van der Waals surface area contributed by atoms with Crippen molar-refractivity contribution in [2.45, 2.75) is 43.5 Å². The third-order valence-corrected chi connectivity index (χ3v) is 6.69. The Kier molecular flexibility index (Phi) is 7.54. The van der Waals surface area contributed by atoms with Gasteiger partial charge in [-0.15, -0.1) is 11.6 Å². The van der Waals surface area contributed by atoms with Crippen LogP contribution in [0.1, 0.15) is 31.4 Å². The van der Waals surface area contributed by atoms with Gasteiger partial charge in [-0.3, -0.25) is 0 Å². The molecule has 0 bridgehead atoms. The summed E-state index contributed by atoms with van der Waals surface area (Å²) in [6, 6.07) is 5.44. The van der Waals surface area contributed by atoms with Crippen molar-refractivity contribution in [3.8, 4) is 0 Å². The summed E-state index contributed by atoms with van der Waals surface area (Å²) >= 11 is 7.57. The normalized spacial score (nSPS) is 13.6. The fourth-order valence-electron chi connectivity index (χ4n) is 2.08. The first-order valence-corrected chi connectivity index (χ1v) is 10.4. The minimum atomic E-state index is -3.48. The number of aryl methyl sites for hydroxylation is 1. The molecule has 0 saturated carbocycles. The van der Waals surface area contributed by atoms with Crippen LogP contribution in [0.3, 0.4) is 0 Å². The Morgan fingerprint density at radius 2 is 2.05 bits per heavy atom. The number of nitrogens with zero attached hydrogens (tertiary/aromatic N) is 1. The molecule has 1 aromatic carbocycles. The maximum atomic E-state index is 12.9. The zero-order chi connectivity index (χ0) is 16.0. The predicted molar refractivity (Wildman–Crippen MR) is 92.8 cm³/mol. The summed E-state index contributed by atoms with van der Waals surface area (Å²) in [5.74, 6) is 1.27. The maximum Gasteiger partial charge on any atom is 0.243 e. The minimum Gasteiger partial charge on any atom is -0.207 e. The number of sulfonamides is 1. The molecule has 0 saturated heterocycles. The van der Waals surface area contributed by atoms with Crippen LogP contribution in [0.4, 0.5) is 0 Å². The molecule has 1 unspecified atom stereocenters. The van der Waals surface area contributed by atoms with Gasteiger partial charge in [-0.2, -0.15) is 16.1 Å². The Balaban J connectivity index is 3.17. The van der Waals surface area contributed by atoms with Crippen LogP contribution in [0.15, 0.2) is 23.1 Å². The molecule has 0 fully saturated rings. The lowest BCUT2D eigenvalue weighted by molar-refractivity contribution is 0.382. The van der Waals surface area contributed by atoms with Gasteiger partial charge in [0, 0.05) is 19.0 Å². The zero-order valence-corrected chi connectivity index (χ0v) is 15.5. The summed E-state index contributed by atoms with van der Waals surface area (Å²) in [4.78, 5) is 0.390. The number of hydrogen-bond acceptors (Lipinski definition) is 3. The van der Waals surface area contributed by atoms with Gasteiger partial charge in [0.15, 0.2) is 0 Å². The molecule has 0 amide bonds. The van der Waals surface area contributed by atoms with Crippen LogP contribution in [-0.2, 0) is 22.3 Å². The second-order valence-electron chi connectivity index (χ2n) is 5.08. The van der Waals surface area contributed by atoms with E-state index in [0.717, 1.165) is 23.3 Å². The summed E-state index contributed by atoms with van der Waals surface area (Å²) in [7, 11) is -1.82. The molecule has 0 aliphatic rings. The first-order valence-electron chi connectivity index (χ1n) is 7.03. The van der Waals surface area contributed by atoms with Crippen molar-refractivity contribution >= 4 is 33.4 Å². The zero-order valence-electron chi connectivity index (χ0n) is 13.1. The highest BCUT2D eigenvalue weighted by atomic mass is 35.5. The van der Waals surface area contributed by atoms with Gasteiger partial charge in [-0.25, -0.2) is 8.42 Å². The number of halogens is 1. The fraction of sp³-hybridized carbons (Fsp3) is 0.600. The summed E-state index contributed by atoms with van der Waals surface area (Å²) in [5.41, 5.74) is 1.67. The molecule has 21 heavy (non-hydrogen) atoms. The summed E-state index contributed by atoms with van der Waals surface area (Å²) in [5, 5.41) is 0. The van der Waals surface area contributed by atoms with Gasteiger partial charge in [-0.05, 0) is 49.0 Å². The molecule has 3 nitrogen and oxygen atoms in total. The Morgan fingerprint density at radius 1 is 1.38 bits per heavy atom. The number of benzene rings is 1. The topological polar surface area (TPSA) is 37.4 Å². The SMILES string of the molecule is CCc1ccc(CCl)cc1S(=O)(=O)N(C)C(C)CCSC. The fourth-order valence-corrected chi connectivity index (χ4v) is 4.55.